The average molecular weight is 349 g/mol. The van der Waals surface area contributed by atoms with E-state index in [1.807, 2.05) is 0 Å². The second kappa shape index (κ2) is 8.62. The number of rotatable bonds is 8. The molecule has 124 valence electrons. The van der Waals surface area contributed by atoms with Gasteiger partial charge in [0.25, 0.3) is 0 Å². The van der Waals surface area contributed by atoms with E-state index in [1.54, 1.807) is 22.7 Å². The first-order valence-corrected chi connectivity index (χ1v) is 10.2. The number of aryl methyl sites for hydroxylation is 1. The molecule has 2 aromatic heterocycles. The van der Waals surface area contributed by atoms with E-state index in [1.165, 1.54) is 22.6 Å². The summed E-state index contributed by atoms with van der Waals surface area (Å²) < 4.78 is 0. The van der Waals surface area contributed by atoms with Gasteiger partial charge in [0.15, 0.2) is 0 Å². The molecule has 0 spiro atoms. The Hall–Kier alpha value is -1.17. The van der Waals surface area contributed by atoms with Crippen LogP contribution in [0.5, 0.6) is 0 Å². The summed E-state index contributed by atoms with van der Waals surface area (Å²) in [5, 5.41) is 7.38. The number of thiophene rings is 2. The van der Waals surface area contributed by atoms with Crippen LogP contribution >= 0.6 is 22.7 Å². The summed E-state index contributed by atoms with van der Waals surface area (Å²) in [5.41, 5.74) is 0. The first kappa shape index (κ1) is 16.7. The number of hydrogen-bond acceptors (Lipinski definition) is 4. The molecule has 5 heteroatoms. The van der Waals surface area contributed by atoms with Gasteiger partial charge in [-0.05, 0) is 61.7 Å². The highest BCUT2D eigenvalue weighted by molar-refractivity contribution is 7.10. The van der Waals surface area contributed by atoms with Crippen LogP contribution in [0.2, 0.25) is 0 Å². The van der Waals surface area contributed by atoms with Crippen LogP contribution in [-0.4, -0.2) is 30.4 Å². The summed E-state index contributed by atoms with van der Waals surface area (Å²) in [5.74, 6) is 0.183. The normalized spacial score (nSPS) is 16.5. The zero-order valence-electron chi connectivity index (χ0n) is 13.4. The van der Waals surface area contributed by atoms with Crippen molar-refractivity contribution in [2.45, 2.75) is 38.1 Å². The van der Waals surface area contributed by atoms with Crippen LogP contribution in [0, 0.1) is 0 Å². The minimum Gasteiger partial charge on any atom is -0.354 e. The molecular weight excluding hydrogens is 324 g/mol. The maximum Gasteiger partial charge on any atom is 0.220 e. The average Bonchev–Trinajstić information content (AvgIpc) is 3.31. The van der Waals surface area contributed by atoms with Crippen LogP contribution < -0.4 is 5.32 Å². The first-order chi connectivity index (χ1) is 11.3. The number of carbonyl (C=O) groups is 1. The van der Waals surface area contributed by atoms with Gasteiger partial charge in [0, 0.05) is 22.7 Å². The Kier molecular flexibility index (Phi) is 6.25. The van der Waals surface area contributed by atoms with Gasteiger partial charge in [-0.3, -0.25) is 9.69 Å². The van der Waals surface area contributed by atoms with E-state index in [-0.39, 0.29) is 5.91 Å². The van der Waals surface area contributed by atoms with Gasteiger partial charge in [-0.1, -0.05) is 12.1 Å². The van der Waals surface area contributed by atoms with Crippen molar-refractivity contribution < 1.29 is 4.79 Å². The molecule has 0 radical (unpaired) electrons. The highest BCUT2D eigenvalue weighted by Crippen LogP contribution is 2.27. The Morgan fingerprint density at radius 1 is 1.17 bits per heavy atom. The molecule has 3 heterocycles. The van der Waals surface area contributed by atoms with Crippen LogP contribution in [0.15, 0.2) is 35.0 Å². The number of amides is 1. The molecule has 0 saturated carbocycles. The van der Waals surface area contributed by atoms with Crippen molar-refractivity contribution in [3.05, 3.63) is 44.8 Å². The van der Waals surface area contributed by atoms with Crippen LogP contribution in [0.3, 0.4) is 0 Å². The summed E-state index contributed by atoms with van der Waals surface area (Å²) in [6, 6.07) is 8.85. The molecule has 1 aliphatic heterocycles. The molecule has 3 nitrogen and oxygen atoms in total. The predicted molar refractivity (Wildman–Crippen MR) is 98.1 cm³/mol. The third-order valence-corrected chi connectivity index (χ3v) is 6.26. The van der Waals surface area contributed by atoms with Gasteiger partial charge >= 0.3 is 0 Å². The van der Waals surface area contributed by atoms with Crippen molar-refractivity contribution >= 4 is 28.6 Å². The molecule has 2 aromatic rings. The molecular formula is C18H24N2OS2. The third-order valence-electron chi connectivity index (χ3n) is 4.35. The summed E-state index contributed by atoms with van der Waals surface area (Å²) in [4.78, 5) is 17.4. The fourth-order valence-electron chi connectivity index (χ4n) is 3.12. The van der Waals surface area contributed by atoms with Crippen molar-refractivity contribution in [2.75, 3.05) is 19.6 Å². The number of carbonyl (C=O) groups excluding carboxylic acids is 1. The quantitative estimate of drug-likeness (QED) is 0.779. The highest BCUT2D eigenvalue weighted by Gasteiger charge is 2.24. The fraction of sp³-hybridized carbons (Fsp3) is 0.500. The van der Waals surface area contributed by atoms with Crippen LogP contribution in [0.1, 0.15) is 41.5 Å². The van der Waals surface area contributed by atoms with E-state index >= 15 is 0 Å². The van der Waals surface area contributed by atoms with E-state index in [2.05, 4.69) is 45.2 Å². The van der Waals surface area contributed by atoms with Gasteiger partial charge in [0.1, 0.15) is 0 Å². The summed E-state index contributed by atoms with van der Waals surface area (Å²) >= 11 is 3.56. The maximum atomic E-state index is 12.1. The molecule has 3 rings (SSSR count). The first-order valence-electron chi connectivity index (χ1n) is 8.39. The van der Waals surface area contributed by atoms with Crippen LogP contribution in [0.25, 0.3) is 0 Å². The zero-order chi connectivity index (χ0) is 15.9. The number of hydrogen-bond donors (Lipinski definition) is 1. The number of likely N-dealkylation sites (tertiary alicyclic amines) is 1. The van der Waals surface area contributed by atoms with Gasteiger partial charge in [0.2, 0.25) is 5.91 Å². The van der Waals surface area contributed by atoms with E-state index < -0.39 is 0 Å². The molecule has 0 aliphatic carbocycles. The van der Waals surface area contributed by atoms with Crippen molar-refractivity contribution in [1.29, 1.82) is 0 Å². The molecule has 1 amide bonds. The monoisotopic (exact) mass is 348 g/mol. The molecule has 23 heavy (non-hydrogen) atoms. The van der Waals surface area contributed by atoms with Gasteiger partial charge in [-0.2, -0.15) is 0 Å². The van der Waals surface area contributed by atoms with Crippen molar-refractivity contribution in [2.24, 2.45) is 0 Å². The molecule has 0 aromatic carbocycles. The second-order valence-electron chi connectivity index (χ2n) is 6.01. The molecule has 1 aliphatic rings. The Balaban J connectivity index is 1.45. The Morgan fingerprint density at radius 2 is 1.96 bits per heavy atom. The predicted octanol–water partition coefficient (Wildman–Crippen LogP) is 4.09. The zero-order valence-corrected chi connectivity index (χ0v) is 15.0. The Labute approximate surface area is 146 Å². The third kappa shape index (κ3) is 4.90. The van der Waals surface area contributed by atoms with E-state index in [0.29, 0.717) is 12.5 Å². The number of nitrogens with one attached hydrogen (secondary N) is 1. The lowest BCUT2D eigenvalue weighted by Crippen LogP contribution is -2.36. The maximum absolute atomic E-state index is 12.1. The lowest BCUT2D eigenvalue weighted by Gasteiger charge is -2.26. The number of nitrogens with zero attached hydrogens (tertiary/aromatic N) is 1. The minimum absolute atomic E-state index is 0.183. The fourth-order valence-corrected chi connectivity index (χ4v) is 4.73. The molecule has 1 atom stereocenters. The minimum atomic E-state index is 0.183. The summed E-state index contributed by atoms with van der Waals surface area (Å²) in [7, 11) is 0. The largest absolute Gasteiger partial charge is 0.354 e. The standard InChI is InChI=1S/C18H24N2OS2/c21-18(9-3-6-15-7-4-12-22-15)19-14-16(17-8-5-13-23-17)20-10-1-2-11-20/h4-5,7-8,12-13,16H,1-3,6,9-11,14H2,(H,19,21). The smallest absolute Gasteiger partial charge is 0.220 e. The van der Waals surface area contributed by atoms with Crippen molar-refractivity contribution in [3.8, 4) is 0 Å². The van der Waals surface area contributed by atoms with Crippen LogP contribution in [0.4, 0.5) is 0 Å². The highest BCUT2D eigenvalue weighted by atomic mass is 32.1. The van der Waals surface area contributed by atoms with Gasteiger partial charge in [-0.25, -0.2) is 0 Å². The second-order valence-corrected chi connectivity index (χ2v) is 8.02. The van der Waals surface area contributed by atoms with Crippen molar-refractivity contribution in [3.63, 3.8) is 0 Å². The topological polar surface area (TPSA) is 32.3 Å². The van der Waals surface area contributed by atoms with Gasteiger partial charge in [0.05, 0.1) is 6.04 Å². The molecule has 0 bridgehead atoms. The molecule has 1 saturated heterocycles. The van der Waals surface area contributed by atoms with Crippen molar-refractivity contribution in [1.82, 2.24) is 10.2 Å². The lowest BCUT2D eigenvalue weighted by atomic mass is 10.2. The molecule has 1 unspecified atom stereocenters. The van der Waals surface area contributed by atoms with Gasteiger partial charge in [-0.15, -0.1) is 22.7 Å². The summed E-state index contributed by atoms with van der Waals surface area (Å²) in [6.45, 7) is 3.03. The van der Waals surface area contributed by atoms with Crippen LogP contribution in [-0.2, 0) is 11.2 Å². The summed E-state index contributed by atoms with van der Waals surface area (Å²) in [6.07, 6.45) is 5.10. The van der Waals surface area contributed by atoms with Gasteiger partial charge < -0.3 is 5.32 Å². The Bertz CT molecular complexity index is 574. The van der Waals surface area contributed by atoms with E-state index in [4.69, 9.17) is 0 Å². The molecule has 1 fully saturated rings. The lowest BCUT2D eigenvalue weighted by molar-refractivity contribution is -0.121. The molecule has 1 N–H and O–H groups in total. The SMILES string of the molecule is O=C(CCCc1cccs1)NCC(c1cccs1)N1CCCC1. The van der Waals surface area contributed by atoms with E-state index in [0.717, 1.165) is 32.5 Å². The van der Waals surface area contributed by atoms with E-state index in [9.17, 15) is 4.79 Å². The Morgan fingerprint density at radius 3 is 2.65 bits per heavy atom.